The molecule has 84 valence electrons. The third-order valence-corrected chi connectivity index (χ3v) is 2.14. The van der Waals surface area contributed by atoms with E-state index < -0.39 is 12.5 Å². The maximum atomic E-state index is 12.4. The lowest BCUT2D eigenvalue weighted by molar-refractivity contribution is 0.151. The predicted molar refractivity (Wildman–Crippen MR) is 51.7 cm³/mol. The third kappa shape index (κ3) is 2.87. The zero-order valence-corrected chi connectivity index (χ0v) is 8.03. The first-order valence-electron chi connectivity index (χ1n) is 4.53. The molecule has 0 amide bonds. The van der Waals surface area contributed by atoms with E-state index in [2.05, 4.69) is 0 Å². The molecule has 0 aromatic heterocycles. The van der Waals surface area contributed by atoms with Crippen molar-refractivity contribution in [1.82, 2.24) is 0 Å². The van der Waals surface area contributed by atoms with Gasteiger partial charge in [-0.15, -0.1) is 0 Å². The number of nitrogens with two attached hydrogens (primary N) is 1. The first-order chi connectivity index (χ1) is 7.06. The van der Waals surface area contributed by atoms with E-state index in [1.807, 2.05) is 0 Å². The highest BCUT2D eigenvalue weighted by atomic mass is 19.3. The molecular formula is C10H13F2NO2. The van der Waals surface area contributed by atoms with Gasteiger partial charge in [-0.2, -0.15) is 0 Å². The normalized spacial score (nSPS) is 13.1. The van der Waals surface area contributed by atoms with Crippen molar-refractivity contribution in [2.45, 2.75) is 18.9 Å². The fourth-order valence-corrected chi connectivity index (χ4v) is 1.30. The lowest BCUT2D eigenvalue weighted by Crippen LogP contribution is -2.12. The average Bonchev–Trinajstić information content (AvgIpc) is 2.18. The molecule has 1 aromatic carbocycles. The summed E-state index contributed by atoms with van der Waals surface area (Å²) < 4.78 is 24.7. The highest BCUT2D eigenvalue weighted by Gasteiger charge is 2.14. The van der Waals surface area contributed by atoms with E-state index in [0.717, 1.165) is 6.07 Å². The van der Waals surface area contributed by atoms with Crippen molar-refractivity contribution in [3.8, 4) is 5.75 Å². The van der Waals surface area contributed by atoms with Crippen LogP contribution in [0, 0.1) is 0 Å². The fourth-order valence-electron chi connectivity index (χ4n) is 1.30. The second kappa shape index (κ2) is 5.04. The van der Waals surface area contributed by atoms with Crippen LogP contribution in [0.4, 0.5) is 8.78 Å². The van der Waals surface area contributed by atoms with Crippen LogP contribution in [0.25, 0.3) is 0 Å². The number of hydrogen-bond donors (Lipinski definition) is 3. The van der Waals surface area contributed by atoms with Gasteiger partial charge in [-0.3, -0.25) is 0 Å². The summed E-state index contributed by atoms with van der Waals surface area (Å²) in [4.78, 5) is 0. The number of aliphatic hydroxyl groups excluding tert-OH is 1. The average molecular weight is 217 g/mol. The Hall–Kier alpha value is -1.20. The Labute approximate surface area is 86.2 Å². The van der Waals surface area contributed by atoms with Crippen molar-refractivity contribution < 1.29 is 19.0 Å². The van der Waals surface area contributed by atoms with Crippen LogP contribution in [0.5, 0.6) is 5.75 Å². The molecule has 5 heteroatoms. The molecule has 1 aromatic rings. The van der Waals surface area contributed by atoms with Gasteiger partial charge in [0.2, 0.25) is 0 Å². The number of phenols is 1. The smallest absolute Gasteiger partial charge is 0.263 e. The van der Waals surface area contributed by atoms with E-state index in [9.17, 15) is 13.9 Å². The summed E-state index contributed by atoms with van der Waals surface area (Å²) in [6, 6.07) is 2.87. The summed E-state index contributed by atoms with van der Waals surface area (Å²) in [5.74, 6) is -0.125. The highest BCUT2D eigenvalue weighted by Crippen LogP contribution is 2.29. The number of aliphatic hydroxyl groups is 1. The SMILES string of the molecule is NC(CCO)c1cc(C(F)F)ccc1O. The number of halogens is 2. The number of aromatic hydroxyl groups is 1. The number of rotatable bonds is 4. The topological polar surface area (TPSA) is 66.5 Å². The quantitative estimate of drug-likeness (QED) is 0.719. The highest BCUT2D eigenvalue weighted by molar-refractivity contribution is 5.38. The van der Waals surface area contributed by atoms with Crippen molar-refractivity contribution in [3.05, 3.63) is 29.3 Å². The summed E-state index contributed by atoms with van der Waals surface area (Å²) in [6.07, 6.45) is -2.37. The molecule has 1 rings (SSSR count). The van der Waals surface area contributed by atoms with Crippen LogP contribution in [0.3, 0.4) is 0 Å². The first-order valence-corrected chi connectivity index (χ1v) is 4.53. The zero-order valence-electron chi connectivity index (χ0n) is 8.03. The van der Waals surface area contributed by atoms with Crippen LogP contribution >= 0.6 is 0 Å². The lowest BCUT2D eigenvalue weighted by atomic mass is 10.0. The van der Waals surface area contributed by atoms with Crippen molar-refractivity contribution in [1.29, 1.82) is 0 Å². The van der Waals surface area contributed by atoms with E-state index in [1.54, 1.807) is 0 Å². The van der Waals surface area contributed by atoms with Crippen LogP contribution in [-0.4, -0.2) is 16.8 Å². The van der Waals surface area contributed by atoms with Crippen molar-refractivity contribution >= 4 is 0 Å². The van der Waals surface area contributed by atoms with Gasteiger partial charge in [0.1, 0.15) is 5.75 Å². The predicted octanol–water partition coefficient (Wildman–Crippen LogP) is 1.71. The molecular weight excluding hydrogens is 204 g/mol. The molecule has 0 aliphatic heterocycles. The molecule has 0 heterocycles. The van der Waals surface area contributed by atoms with Crippen LogP contribution in [0.1, 0.15) is 30.0 Å². The Morgan fingerprint density at radius 2 is 2.00 bits per heavy atom. The molecule has 0 fully saturated rings. The monoisotopic (exact) mass is 217 g/mol. The molecule has 0 aliphatic carbocycles. The van der Waals surface area contributed by atoms with Gasteiger partial charge in [0, 0.05) is 23.8 Å². The van der Waals surface area contributed by atoms with Crippen LogP contribution in [-0.2, 0) is 0 Å². The fraction of sp³-hybridized carbons (Fsp3) is 0.400. The maximum Gasteiger partial charge on any atom is 0.263 e. The van der Waals surface area contributed by atoms with Crippen molar-refractivity contribution in [2.24, 2.45) is 5.73 Å². The summed E-state index contributed by atoms with van der Waals surface area (Å²) in [5.41, 5.74) is 5.66. The molecule has 3 nitrogen and oxygen atoms in total. The van der Waals surface area contributed by atoms with E-state index in [0.29, 0.717) is 0 Å². The summed E-state index contributed by atoms with van der Waals surface area (Å²) in [6.45, 7) is -0.153. The van der Waals surface area contributed by atoms with E-state index in [1.165, 1.54) is 12.1 Å². The molecule has 0 aliphatic rings. The first kappa shape index (κ1) is 11.9. The van der Waals surface area contributed by atoms with E-state index in [-0.39, 0.29) is 29.9 Å². The number of phenolic OH excluding ortho intramolecular Hbond substituents is 1. The summed E-state index contributed by atoms with van der Waals surface area (Å²) in [7, 11) is 0. The molecule has 4 N–H and O–H groups in total. The minimum Gasteiger partial charge on any atom is -0.508 e. The van der Waals surface area contributed by atoms with Crippen molar-refractivity contribution in [2.75, 3.05) is 6.61 Å². The van der Waals surface area contributed by atoms with Crippen molar-refractivity contribution in [3.63, 3.8) is 0 Å². The maximum absolute atomic E-state index is 12.4. The Bertz CT molecular complexity index is 331. The van der Waals surface area contributed by atoms with Gasteiger partial charge < -0.3 is 15.9 Å². The zero-order chi connectivity index (χ0) is 11.4. The minimum atomic E-state index is -2.59. The van der Waals surface area contributed by atoms with Crippen LogP contribution < -0.4 is 5.73 Å². The van der Waals surface area contributed by atoms with Crippen LogP contribution in [0.15, 0.2) is 18.2 Å². The molecule has 0 saturated heterocycles. The van der Waals surface area contributed by atoms with Gasteiger partial charge in [-0.05, 0) is 24.6 Å². The molecule has 0 spiro atoms. The number of hydrogen-bond acceptors (Lipinski definition) is 3. The number of alkyl halides is 2. The summed E-state index contributed by atoms with van der Waals surface area (Å²) in [5, 5.41) is 18.1. The Morgan fingerprint density at radius 1 is 1.33 bits per heavy atom. The van der Waals surface area contributed by atoms with E-state index in [4.69, 9.17) is 10.8 Å². The van der Waals surface area contributed by atoms with Gasteiger partial charge in [0.15, 0.2) is 0 Å². The Balaban J connectivity index is 2.99. The van der Waals surface area contributed by atoms with Gasteiger partial charge in [0.25, 0.3) is 6.43 Å². The molecule has 1 atom stereocenters. The van der Waals surface area contributed by atoms with Gasteiger partial charge in [-0.1, -0.05) is 0 Å². The molecule has 0 bridgehead atoms. The second-order valence-corrected chi connectivity index (χ2v) is 3.24. The molecule has 15 heavy (non-hydrogen) atoms. The van der Waals surface area contributed by atoms with Crippen LogP contribution in [0.2, 0.25) is 0 Å². The van der Waals surface area contributed by atoms with E-state index >= 15 is 0 Å². The molecule has 1 unspecified atom stereocenters. The van der Waals surface area contributed by atoms with Gasteiger partial charge in [0.05, 0.1) is 0 Å². The second-order valence-electron chi connectivity index (χ2n) is 3.24. The minimum absolute atomic E-state index is 0.125. The molecule has 0 saturated carbocycles. The standard InChI is InChI=1S/C10H13F2NO2/c11-10(12)6-1-2-9(15)7(5-6)8(13)3-4-14/h1-2,5,8,10,14-15H,3-4,13H2. The third-order valence-electron chi connectivity index (χ3n) is 2.14. The molecule has 0 radical (unpaired) electrons. The lowest BCUT2D eigenvalue weighted by Gasteiger charge is -2.13. The summed E-state index contributed by atoms with van der Waals surface area (Å²) >= 11 is 0. The number of benzene rings is 1. The Morgan fingerprint density at radius 3 is 2.53 bits per heavy atom. The Kier molecular flexibility index (Phi) is 3.99. The largest absolute Gasteiger partial charge is 0.508 e. The van der Waals surface area contributed by atoms with Gasteiger partial charge in [-0.25, -0.2) is 8.78 Å². The van der Waals surface area contributed by atoms with Gasteiger partial charge >= 0.3 is 0 Å².